The first-order valence-corrected chi connectivity index (χ1v) is 3.95. The van der Waals surface area contributed by atoms with Crippen molar-refractivity contribution < 1.29 is 0 Å². The van der Waals surface area contributed by atoms with Gasteiger partial charge in [0.1, 0.15) is 5.69 Å². The molecule has 72 valence electrons. The highest BCUT2D eigenvalue weighted by Crippen LogP contribution is 2.05. The minimum absolute atomic E-state index is 0.168. The zero-order valence-electron chi connectivity index (χ0n) is 7.19. The summed E-state index contributed by atoms with van der Waals surface area (Å²) in [7, 11) is 0. The van der Waals surface area contributed by atoms with Crippen LogP contribution in [0.5, 0.6) is 0 Å². The van der Waals surface area contributed by atoms with Crippen LogP contribution < -0.4 is 11.3 Å². The lowest BCUT2D eigenvalue weighted by Gasteiger charge is -1.96. The first-order valence-electron chi connectivity index (χ1n) is 3.95. The maximum Gasteiger partial charge on any atom is 0.255 e. The number of hydrogen-bond donors (Lipinski definition) is 3. The molecule has 2 aromatic heterocycles. The van der Waals surface area contributed by atoms with Gasteiger partial charge in [-0.2, -0.15) is 15.4 Å². The van der Waals surface area contributed by atoms with Crippen molar-refractivity contribution in [2.24, 2.45) is 5.73 Å². The third-order valence-electron chi connectivity index (χ3n) is 1.75. The Bertz CT molecular complexity index is 473. The van der Waals surface area contributed by atoms with Gasteiger partial charge in [0, 0.05) is 18.3 Å². The van der Waals surface area contributed by atoms with E-state index < -0.39 is 0 Å². The van der Waals surface area contributed by atoms with Crippen molar-refractivity contribution in [2.75, 3.05) is 0 Å². The quantitative estimate of drug-likeness (QED) is 0.565. The van der Waals surface area contributed by atoms with Crippen molar-refractivity contribution in [3.05, 3.63) is 28.3 Å². The van der Waals surface area contributed by atoms with Crippen molar-refractivity contribution in [1.29, 1.82) is 0 Å². The Kier molecular flexibility index (Phi) is 2.07. The van der Waals surface area contributed by atoms with Crippen LogP contribution in [-0.2, 0) is 6.54 Å². The highest BCUT2D eigenvalue weighted by Gasteiger charge is 2.05. The van der Waals surface area contributed by atoms with E-state index >= 15 is 0 Å². The predicted molar refractivity (Wildman–Crippen MR) is 48.1 cm³/mol. The smallest absolute Gasteiger partial charge is 0.255 e. The van der Waals surface area contributed by atoms with Crippen LogP contribution in [0, 0.1) is 0 Å². The molecule has 0 atom stereocenters. The number of aromatic amines is 2. The van der Waals surface area contributed by atoms with Crippen LogP contribution in [0.15, 0.2) is 17.2 Å². The summed E-state index contributed by atoms with van der Waals surface area (Å²) in [5.74, 6) is 0.376. The SMILES string of the molecule is NCc1cnc(-c2cn[nH]n2)[nH]c1=O. The van der Waals surface area contributed by atoms with Gasteiger partial charge in [0.25, 0.3) is 5.56 Å². The van der Waals surface area contributed by atoms with E-state index in [-0.39, 0.29) is 12.1 Å². The van der Waals surface area contributed by atoms with E-state index in [0.717, 1.165) is 0 Å². The fourth-order valence-electron chi connectivity index (χ4n) is 1.01. The van der Waals surface area contributed by atoms with E-state index in [1.54, 1.807) is 0 Å². The van der Waals surface area contributed by atoms with Gasteiger partial charge in [-0.05, 0) is 0 Å². The van der Waals surface area contributed by atoms with Crippen LogP contribution in [0.1, 0.15) is 5.56 Å². The predicted octanol–water partition coefficient (Wildman–Crippen LogP) is -0.986. The lowest BCUT2D eigenvalue weighted by Crippen LogP contribution is -2.17. The summed E-state index contributed by atoms with van der Waals surface area (Å²) in [6, 6.07) is 0. The Labute approximate surface area is 78.4 Å². The van der Waals surface area contributed by atoms with Gasteiger partial charge in [0.2, 0.25) is 0 Å². The fraction of sp³-hybridized carbons (Fsp3) is 0.143. The second-order valence-electron chi connectivity index (χ2n) is 2.65. The molecule has 0 fully saturated rings. The molecule has 0 spiro atoms. The van der Waals surface area contributed by atoms with Gasteiger partial charge in [0.15, 0.2) is 5.82 Å². The second-order valence-corrected chi connectivity index (χ2v) is 2.65. The van der Waals surface area contributed by atoms with Crippen LogP contribution in [0.3, 0.4) is 0 Å². The van der Waals surface area contributed by atoms with Crippen molar-refractivity contribution in [2.45, 2.75) is 6.54 Å². The summed E-state index contributed by atoms with van der Waals surface area (Å²) < 4.78 is 0. The van der Waals surface area contributed by atoms with Gasteiger partial charge in [-0.25, -0.2) is 4.98 Å². The van der Waals surface area contributed by atoms with E-state index in [2.05, 4.69) is 25.4 Å². The zero-order valence-corrected chi connectivity index (χ0v) is 7.19. The van der Waals surface area contributed by atoms with Crippen LogP contribution >= 0.6 is 0 Å². The first kappa shape index (κ1) is 8.57. The Morgan fingerprint density at radius 1 is 1.43 bits per heavy atom. The molecule has 0 saturated carbocycles. The van der Waals surface area contributed by atoms with Gasteiger partial charge < -0.3 is 10.7 Å². The van der Waals surface area contributed by atoms with E-state index in [0.29, 0.717) is 17.1 Å². The van der Waals surface area contributed by atoms with Crippen LogP contribution in [0.4, 0.5) is 0 Å². The van der Waals surface area contributed by atoms with Crippen LogP contribution in [0.2, 0.25) is 0 Å². The zero-order chi connectivity index (χ0) is 9.97. The van der Waals surface area contributed by atoms with E-state index in [4.69, 9.17) is 5.73 Å². The molecule has 0 aliphatic carbocycles. The largest absolute Gasteiger partial charge is 0.326 e. The minimum Gasteiger partial charge on any atom is -0.326 e. The molecule has 0 aliphatic rings. The number of aromatic nitrogens is 5. The molecule has 2 heterocycles. The van der Waals surface area contributed by atoms with Crippen molar-refractivity contribution in [3.63, 3.8) is 0 Å². The van der Waals surface area contributed by atoms with Crippen molar-refractivity contribution in [1.82, 2.24) is 25.4 Å². The molecule has 7 heteroatoms. The third kappa shape index (κ3) is 1.40. The summed E-state index contributed by atoms with van der Waals surface area (Å²) in [5.41, 5.74) is 6.01. The Morgan fingerprint density at radius 3 is 2.86 bits per heavy atom. The molecule has 2 aromatic rings. The molecule has 0 saturated heterocycles. The molecule has 2 rings (SSSR count). The molecule has 7 nitrogen and oxygen atoms in total. The standard InChI is InChI=1S/C7H8N6O/c8-1-4-2-9-6(11-7(4)14)5-3-10-13-12-5/h2-3H,1,8H2,(H,9,11,14)(H,10,12,13). The highest BCUT2D eigenvalue weighted by molar-refractivity contribution is 5.45. The third-order valence-corrected chi connectivity index (χ3v) is 1.75. The number of nitrogens with two attached hydrogens (primary N) is 1. The topological polar surface area (TPSA) is 113 Å². The van der Waals surface area contributed by atoms with E-state index in [9.17, 15) is 4.79 Å². The molecule has 0 amide bonds. The normalized spacial score (nSPS) is 10.4. The Balaban J connectivity index is 2.48. The number of nitrogens with one attached hydrogen (secondary N) is 2. The Hall–Kier alpha value is -2.02. The molecule has 0 aliphatic heterocycles. The lowest BCUT2D eigenvalue weighted by atomic mass is 10.3. The first-order chi connectivity index (χ1) is 6.81. The maximum atomic E-state index is 11.3. The summed E-state index contributed by atoms with van der Waals surface area (Å²) in [5, 5.41) is 9.82. The van der Waals surface area contributed by atoms with E-state index in [1.165, 1.54) is 12.4 Å². The highest BCUT2D eigenvalue weighted by atomic mass is 16.1. The lowest BCUT2D eigenvalue weighted by molar-refractivity contribution is 0.932. The fourth-order valence-corrected chi connectivity index (χ4v) is 1.01. The number of H-pyrrole nitrogens is 2. The molecule has 0 radical (unpaired) electrons. The van der Waals surface area contributed by atoms with Gasteiger partial charge in [-0.1, -0.05) is 0 Å². The average molecular weight is 192 g/mol. The number of nitrogens with zero attached hydrogens (tertiary/aromatic N) is 3. The average Bonchev–Trinajstić information content (AvgIpc) is 2.70. The molecule has 0 aromatic carbocycles. The van der Waals surface area contributed by atoms with Gasteiger partial charge in [0.05, 0.1) is 6.20 Å². The Morgan fingerprint density at radius 2 is 2.29 bits per heavy atom. The molecule has 4 N–H and O–H groups in total. The molecule has 14 heavy (non-hydrogen) atoms. The van der Waals surface area contributed by atoms with Crippen molar-refractivity contribution in [3.8, 4) is 11.5 Å². The number of hydrogen-bond acceptors (Lipinski definition) is 5. The maximum absolute atomic E-state index is 11.3. The van der Waals surface area contributed by atoms with Gasteiger partial charge >= 0.3 is 0 Å². The monoisotopic (exact) mass is 192 g/mol. The molecular formula is C7H8N6O. The second kappa shape index (κ2) is 3.38. The van der Waals surface area contributed by atoms with E-state index in [1.807, 2.05) is 0 Å². The summed E-state index contributed by atoms with van der Waals surface area (Å²) >= 11 is 0. The molecule has 0 bridgehead atoms. The summed E-state index contributed by atoms with van der Waals surface area (Å²) in [6.45, 7) is 0.168. The minimum atomic E-state index is -0.250. The summed E-state index contributed by atoms with van der Waals surface area (Å²) in [6.07, 6.45) is 2.91. The number of rotatable bonds is 2. The van der Waals surface area contributed by atoms with Crippen molar-refractivity contribution >= 4 is 0 Å². The molecule has 0 unspecified atom stereocenters. The molecular weight excluding hydrogens is 184 g/mol. The summed E-state index contributed by atoms with van der Waals surface area (Å²) in [4.78, 5) is 17.9. The van der Waals surface area contributed by atoms with Gasteiger partial charge in [-0.3, -0.25) is 4.79 Å². The van der Waals surface area contributed by atoms with Crippen LogP contribution in [-0.4, -0.2) is 25.4 Å². The van der Waals surface area contributed by atoms with Gasteiger partial charge in [-0.15, -0.1) is 0 Å². The van der Waals surface area contributed by atoms with Crippen LogP contribution in [0.25, 0.3) is 11.5 Å².